The third-order valence-corrected chi connectivity index (χ3v) is 4.16. The second-order valence-electron chi connectivity index (χ2n) is 5.12. The quantitative estimate of drug-likeness (QED) is 0.911. The van der Waals surface area contributed by atoms with Gasteiger partial charge in [-0.3, -0.25) is 4.79 Å². The molecule has 0 saturated carbocycles. The number of nitrogens with zero attached hydrogens (tertiary/aromatic N) is 1. The molecule has 18 heavy (non-hydrogen) atoms. The van der Waals surface area contributed by atoms with E-state index in [1.807, 2.05) is 0 Å². The van der Waals surface area contributed by atoms with Gasteiger partial charge in [0.15, 0.2) is 0 Å². The van der Waals surface area contributed by atoms with Crippen LogP contribution in [-0.4, -0.2) is 30.4 Å². The van der Waals surface area contributed by atoms with Crippen molar-refractivity contribution in [2.24, 2.45) is 11.1 Å². The summed E-state index contributed by atoms with van der Waals surface area (Å²) in [5, 5.41) is 0. The summed E-state index contributed by atoms with van der Waals surface area (Å²) in [6.45, 7) is 4.02. The highest BCUT2D eigenvalue weighted by molar-refractivity contribution is 9.10. The molecule has 98 valence electrons. The van der Waals surface area contributed by atoms with Crippen molar-refractivity contribution in [3.8, 4) is 0 Å². The number of amides is 1. The van der Waals surface area contributed by atoms with Gasteiger partial charge >= 0.3 is 0 Å². The van der Waals surface area contributed by atoms with E-state index in [1.54, 1.807) is 4.90 Å². The molecular formula is C13H16BrFN2O. The van der Waals surface area contributed by atoms with Crippen molar-refractivity contribution < 1.29 is 9.18 Å². The lowest BCUT2D eigenvalue weighted by molar-refractivity contribution is 0.0776. The second-order valence-corrected chi connectivity index (χ2v) is 5.97. The molecule has 1 aromatic carbocycles. The number of carbonyl (C=O) groups excluding carboxylic acids is 1. The molecule has 1 aliphatic rings. The van der Waals surface area contributed by atoms with Gasteiger partial charge in [0.25, 0.3) is 5.91 Å². The number of hydrogen-bond acceptors (Lipinski definition) is 2. The molecule has 1 saturated heterocycles. The van der Waals surface area contributed by atoms with Gasteiger partial charge in [0.2, 0.25) is 0 Å². The van der Waals surface area contributed by atoms with Crippen molar-refractivity contribution in [3.63, 3.8) is 0 Å². The Balaban J connectivity index is 2.18. The summed E-state index contributed by atoms with van der Waals surface area (Å²) >= 11 is 3.23. The van der Waals surface area contributed by atoms with E-state index in [0.717, 1.165) is 6.42 Å². The molecule has 1 amide bonds. The standard InChI is InChI=1S/C13H16BrFN2O/c1-13(7-16)4-5-17(8-13)12(18)10-3-2-9(15)6-11(10)14/h2-3,6H,4-5,7-8,16H2,1H3. The van der Waals surface area contributed by atoms with E-state index in [9.17, 15) is 9.18 Å². The average molecular weight is 315 g/mol. The number of carbonyl (C=O) groups is 1. The molecule has 1 unspecified atom stereocenters. The molecule has 1 fully saturated rings. The highest BCUT2D eigenvalue weighted by Gasteiger charge is 2.35. The van der Waals surface area contributed by atoms with Crippen LogP contribution in [0.4, 0.5) is 4.39 Å². The molecule has 0 spiro atoms. The fraction of sp³-hybridized carbons (Fsp3) is 0.462. The lowest BCUT2D eigenvalue weighted by Crippen LogP contribution is -2.34. The number of benzene rings is 1. The number of halogens is 2. The van der Waals surface area contributed by atoms with E-state index in [2.05, 4.69) is 22.9 Å². The van der Waals surface area contributed by atoms with Gasteiger partial charge in [0, 0.05) is 17.6 Å². The molecule has 0 bridgehead atoms. The molecule has 1 aromatic rings. The van der Waals surface area contributed by atoms with Gasteiger partial charge in [-0.2, -0.15) is 0 Å². The molecule has 5 heteroatoms. The minimum atomic E-state index is -0.355. The summed E-state index contributed by atoms with van der Waals surface area (Å²) in [5.41, 5.74) is 6.22. The molecule has 1 aliphatic heterocycles. The minimum Gasteiger partial charge on any atom is -0.338 e. The predicted molar refractivity (Wildman–Crippen MR) is 71.8 cm³/mol. The first-order valence-corrected chi connectivity index (χ1v) is 6.69. The van der Waals surface area contributed by atoms with Crippen LogP contribution in [-0.2, 0) is 0 Å². The van der Waals surface area contributed by atoms with Gasteiger partial charge in [-0.25, -0.2) is 4.39 Å². The highest BCUT2D eigenvalue weighted by atomic mass is 79.9. The van der Waals surface area contributed by atoms with Gasteiger partial charge < -0.3 is 10.6 Å². The summed E-state index contributed by atoms with van der Waals surface area (Å²) in [5.74, 6) is -0.425. The van der Waals surface area contributed by atoms with Crippen LogP contribution in [0.1, 0.15) is 23.7 Å². The van der Waals surface area contributed by atoms with Crippen LogP contribution in [0.15, 0.2) is 22.7 Å². The van der Waals surface area contributed by atoms with Crippen molar-refractivity contribution in [1.29, 1.82) is 0 Å². The maximum atomic E-state index is 13.0. The highest BCUT2D eigenvalue weighted by Crippen LogP contribution is 2.30. The van der Waals surface area contributed by atoms with Gasteiger partial charge in [-0.15, -0.1) is 0 Å². The van der Waals surface area contributed by atoms with E-state index >= 15 is 0 Å². The predicted octanol–water partition coefficient (Wildman–Crippen LogP) is 2.40. The van der Waals surface area contributed by atoms with Crippen LogP contribution >= 0.6 is 15.9 Å². The van der Waals surface area contributed by atoms with Crippen LogP contribution < -0.4 is 5.73 Å². The molecular weight excluding hydrogens is 299 g/mol. The van der Waals surface area contributed by atoms with Crippen LogP contribution in [0, 0.1) is 11.2 Å². The Labute approximate surface area is 114 Å². The van der Waals surface area contributed by atoms with Gasteiger partial charge in [-0.1, -0.05) is 6.92 Å². The van der Waals surface area contributed by atoms with E-state index in [1.165, 1.54) is 18.2 Å². The summed E-state index contributed by atoms with van der Waals surface area (Å²) in [6.07, 6.45) is 0.911. The molecule has 3 nitrogen and oxygen atoms in total. The maximum Gasteiger partial charge on any atom is 0.255 e. The smallest absolute Gasteiger partial charge is 0.255 e. The Kier molecular flexibility index (Phi) is 3.73. The SMILES string of the molecule is CC1(CN)CCN(C(=O)c2ccc(F)cc2Br)C1. The van der Waals surface area contributed by atoms with Gasteiger partial charge in [0.05, 0.1) is 5.56 Å². The Morgan fingerprint density at radius 2 is 2.33 bits per heavy atom. The maximum absolute atomic E-state index is 13.0. The number of likely N-dealkylation sites (tertiary alicyclic amines) is 1. The summed E-state index contributed by atoms with van der Waals surface area (Å²) < 4.78 is 13.5. The topological polar surface area (TPSA) is 46.3 Å². The molecule has 0 aliphatic carbocycles. The minimum absolute atomic E-state index is 0.00215. The van der Waals surface area contributed by atoms with E-state index in [0.29, 0.717) is 29.7 Å². The Morgan fingerprint density at radius 3 is 2.89 bits per heavy atom. The Bertz CT molecular complexity index is 480. The summed E-state index contributed by atoms with van der Waals surface area (Å²) in [7, 11) is 0. The monoisotopic (exact) mass is 314 g/mol. The zero-order valence-corrected chi connectivity index (χ0v) is 11.8. The summed E-state index contributed by atoms with van der Waals surface area (Å²) in [6, 6.07) is 4.13. The first-order chi connectivity index (χ1) is 8.45. The zero-order chi connectivity index (χ0) is 13.3. The van der Waals surface area contributed by atoms with Crippen molar-refractivity contribution in [1.82, 2.24) is 4.90 Å². The Hall–Kier alpha value is -0.940. The van der Waals surface area contributed by atoms with Crippen molar-refractivity contribution in [2.75, 3.05) is 19.6 Å². The zero-order valence-electron chi connectivity index (χ0n) is 10.2. The first-order valence-electron chi connectivity index (χ1n) is 5.90. The lowest BCUT2D eigenvalue weighted by Gasteiger charge is -2.22. The van der Waals surface area contributed by atoms with E-state index in [-0.39, 0.29) is 17.1 Å². The fourth-order valence-corrected chi connectivity index (χ4v) is 2.72. The number of nitrogens with two attached hydrogens (primary N) is 1. The number of rotatable bonds is 2. The van der Waals surface area contributed by atoms with Crippen molar-refractivity contribution in [2.45, 2.75) is 13.3 Å². The van der Waals surface area contributed by atoms with Crippen LogP contribution in [0.3, 0.4) is 0 Å². The fourth-order valence-electron chi connectivity index (χ4n) is 2.20. The third-order valence-electron chi connectivity index (χ3n) is 3.50. The van der Waals surface area contributed by atoms with Crippen LogP contribution in [0.25, 0.3) is 0 Å². The summed E-state index contributed by atoms with van der Waals surface area (Å²) in [4.78, 5) is 14.1. The van der Waals surface area contributed by atoms with Gasteiger partial charge in [-0.05, 0) is 52.5 Å². The normalized spacial score (nSPS) is 23.4. The molecule has 1 atom stereocenters. The third kappa shape index (κ3) is 2.57. The average Bonchev–Trinajstić information content (AvgIpc) is 2.72. The molecule has 2 N–H and O–H groups in total. The van der Waals surface area contributed by atoms with Crippen molar-refractivity contribution >= 4 is 21.8 Å². The molecule has 1 heterocycles. The van der Waals surface area contributed by atoms with E-state index < -0.39 is 0 Å². The largest absolute Gasteiger partial charge is 0.338 e. The second kappa shape index (κ2) is 4.97. The molecule has 0 aromatic heterocycles. The molecule has 2 rings (SSSR count). The van der Waals surface area contributed by atoms with Crippen molar-refractivity contribution in [3.05, 3.63) is 34.1 Å². The van der Waals surface area contributed by atoms with Gasteiger partial charge in [0.1, 0.15) is 5.82 Å². The number of hydrogen-bond donors (Lipinski definition) is 1. The van der Waals surface area contributed by atoms with E-state index in [4.69, 9.17) is 5.73 Å². The molecule has 0 radical (unpaired) electrons. The van der Waals surface area contributed by atoms with Crippen LogP contribution in [0.5, 0.6) is 0 Å². The Morgan fingerprint density at radius 1 is 1.61 bits per heavy atom. The van der Waals surface area contributed by atoms with Crippen LogP contribution in [0.2, 0.25) is 0 Å². The first kappa shape index (κ1) is 13.5. The lowest BCUT2D eigenvalue weighted by atomic mass is 9.90.